The van der Waals surface area contributed by atoms with Crippen molar-refractivity contribution in [1.82, 2.24) is 5.32 Å². The molecule has 0 aromatic rings. The fourth-order valence-electron chi connectivity index (χ4n) is 1.01. The zero-order valence-electron chi connectivity index (χ0n) is 7.26. The first kappa shape index (κ1) is 9.39. The van der Waals surface area contributed by atoms with Crippen molar-refractivity contribution in [2.45, 2.75) is 13.3 Å². The van der Waals surface area contributed by atoms with Gasteiger partial charge >= 0.3 is 0 Å². The van der Waals surface area contributed by atoms with Gasteiger partial charge in [0.15, 0.2) is 0 Å². The number of rotatable bonds is 2. The lowest BCUT2D eigenvalue weighted by Gasteiger charge is -2.11. The van der Waals surface area contributed by atoms with Gasteiger partial charge in [0.2, 0.25) is 5.91 Å². The van der Waals surface area contributed by atoms with Crippen LogP contribution in [0.5, 0.6) is 0 Å². The molecular weight excluding hydrogens is 170 g/mol. The first-order valence-electron chi connectivity index (χ1n) is 3.79. The molecule has 1 aliphatic rings. The molecule has 0 bridgehead atoms. The summed E-state index contributed by atoms with van der Waals surface area (Å²) in [6.07, 6.45) is 9.05. The van der Waals surface area contributed by atoms with Gasteiger partial charge in [-0.2, -0.15) is 0 Å². The van der Waals surface area contributed by atoms with Crippen molar-refractivity contribution in [3.05, 3.63) is 29.2 Å². The van der Waals surface area contributed by atoms with E-state index in [-0.39, 0.29) is 5.91 Å². The molecule has 12 heavy (non-hydrogen) atoms. The first-order chi connectivity index (χ1) is 5.72. The average molecular weight is 182 g/mol. The van der Waals surface area contributed by atoms with E-state index < -0.39 is 0 Å². The van der Waals surface area contributed by atoms with E-state index in [9.17, 15) is 4.79 Å². The largest absolute Gasteiger partial charge is 0.327 e. The zero-order valence-corrected chi connectivity index (χ0v) is 8.07. The maximum Gasteiger partial charge on any atom is 0.221 e. The summed E-state index contributed by atoms with van der Waals surface area (Å²) in [6.45, 7) is 1.52. The summed E-state index contributed by atoms with van der Waals surface area (Å²) >= 11 is 1.69. The molecule has 1 aliphatic carbocycles. The third-order valence-electron chi connectivity index (χ3n) is 1.51. The molecule has 0 heterocycles. The van der Waals surface area contributed by atoms with Gasteiger partial charge < -0.3 is 5.32 Å². The number of allylic oxidation sites excluding steroid dienone is 3. The Balaban J connectivity index is 2.60. The third kappa shape index (κ3) is 2.74. The summed E-state index contributed by atoms with van der Waals surface area (Å²) < 4.78 is 0. The van der Waals surface area contributed by atoms with Crippen LogP contribution in [0.3, 0.4) is 0 Å². The smallest absolute Gasteiger partial charge is 0.221 e. The van der Waals surface area contributed by atoms with Crippen molar-refractivity contribution < 1.29 is 4.79 Å². The summed E-state index contributed by atoms with van der Waals surface area (Å²) in [5, 5.41) is 2.76. The highest BCUT2D eigenvalue weighted by atomic mass is 32.2. The van der Waals surface area contributed by atoms with Crippen molar-refractivity contribution in [2.75, 3.05) is 6.26 Å². The monoisotopic (exact) mass is 182 g/mol. The molecule has 0 saturated heterocycles. The van der Waals surface area contributed by atoms with Gasteiger partial charge in [-0.05, 0) is 23.7 Å². The van der Waals surface area contributed by atoms with Crippen molar-refractivity contribution in [1.29, 1.82) is 0 Å². The van der Waals surface area contributed by atoms with E-state index in [1.807, 2.05) is 18.4 Å². The number of amides is 1. The minimum atomic E-state index is -0.0140. The molecule has 1 radical (unpaired) electrons. The highest BCUT2D eigenvalue weighted by Gasteiger charge is 2.04. The van der Waals surface area contributed by atoms with Gasteiger partial charge in [0.05, 0.1) is 0 Å². The van der Waals surface area contributed by atoms with E-state index in [0.717, 1.165) is 12.1 Å². The third-order valence-corrected chi connectivity index (χ3v) is 2.27. The topological polar surface area (TPSA) is 29.1 Å². The molecule has 65 valence electrons. The summed E-state index contributed by atoms with van der Waals surface area (Å²) in [5.74, 6) is -0.0140. The number of carbonyl (C=O) groups is 1. The summed E-state index contributed by atoms with van der Waals surface area (Å²) in [6, 6.07) is 0. The van der Waals surface area contributed by atoms with Crippen LogP contribution in [0.1, 0.15) is 13.3 Å². The summed E-state index contributed by atoms with van der Waals surface area (Å²) in [5.41, 5.74) is 0.911. The second kappa shape index (κ2) is 4.36. The molecule has 0 spiro atoms. The van der Waals surface area contributed by atoms with Gasteiger partial charge in [0.25, 0.3) is 0 Å². The Morgan fingerprint density at radius 3 is 3.00 bits per heavy atom. The number of hydrogen-bond donors (Lipinski definition) is 1. The van der Waals surface area contributed by atoms with Gasteiger partial charge in [-0.15, -0.1) is 11.8 Å². The van der Waals surface area contributed by atoms with Crippen LogP contribution in [0.25, 0.3) is 0 Å². The highest BCUT2D eigenvalue weighted by molar-refractivity contribution is 8.02. The van der Waals surface area contributed by atoms with Gasteiger partial charge in [-0.25, -0.2) is 0 Å². The van der Waals surface area contributed by atoms with Crippen LogP contribution in [0.2, 0.25) is 0 Å². The first-order valence-corrected chi connectivity index (χ1v) is 5.01. The molecule has 0 aliphatic heterocycles. The standard InChI is InChI=1S/C9H12NOS/c1-7(11)10-8-4-3-5-9(6-8)12-2/h4-6H,3H2,1-2H3,(H,10,11). The molecule has 0 unspecified atom stereocenters. The van der Waals surface area contributed by atoms with E-state index in [1.165, 1.54) is 11.8 Å². The number of nitrogens with one attached hydrogen (secondary N) is 1. The van der Waals surface area contributed by atoms with Gasteiger partial charge in [-0.1, -0.05) is 6.08 Å². The quantitative estimate of drug-likeness (QED) is 0.706. The van der Waals surface area contributed by atoms with E-state index in [0.29, 0.717) is 0 Å². The minimum Gasteiger partial charge on any atom is -0.327 e. The van der Waals surface area contributed by atoms with Crippen molar-refractivity contribution in [2.24, 2.45) is 0 Å². The maximum absolute atomic E-state index is 10.7. The Morgan fingerprint density at radius 1 is 1.67 bits per heavy atom. The predicted octanol–water partition coefficient (Wildman–Crippen LogP) is 1.86. The number of hydrogen-bond acceptors (Lipinski definition) is 2. The number of carbonyl (C=O) groups excluding carboxylic acids is 1. The summed E-state index contributed by atoms with van der Waals surface area (Å²) in [4.78, 5) is 11.9. The van der Waals surface area contributed by atoms with Crippen molar-refractivity contribution >= 4 is 17.7 Å². The molecular formula is C9H12NOS. The lowest BCUT2D eigenvalue weighted by Crippen LogP contribution is -2.19. The van der Waals surface area contributed by atoms with Crippen LogP contribution in [0, 0.1) is 6.42 Å². The molecule has 0 saturated carbocycles. The fraction of sp³-hybridized carbons (Fsp3) is 0.333. The molecule has 0 aromatic carbocycles. The molecule has 0 atom stereocenters. The lowest BCUT2D eigenvalue weighted by atomic mass is 10.1. The van der Waals surface area contributed by atoms with Crippen LogP contribution < -0.4 is 5.32 Å². The van der Waals surface area contributed by atoms with Gasteiger partial charge in [0.1, 0.15) is 0 Å². The SMILES string of the molecule is CSC1=CC(NC(C)=O)=CC[CH]1. The molecule has 3 heteroatoms. The molecule has 1 amide bonds. The fourth-order valence-corrected chi connectivity index (χ4v) is 1.51. The van der Waals surface area contributed by atoms with Crippen LogP contribution in [0.4, 0.5) is 0 Å². The maximum atomic E-state index is 10.7. The Morgan fingerprint density at radius 2 is 2.42 bits per heavy atom. The van der Waals surface area contributed by atoms with E-state index in [4.69, 9.17) is 0 Å². The number of thioether (sulfide) groups is 1. The Labute approximate surface area is 77.1 Å². The second-order valence-electron chi connectivity index (χ2n) is 2.53. The Kier molecular flexibility index (Phi) is 3.41. The molecule has 0 fully saturated rings. The van der Waals surface area contributed by atoms with Crippen LogP contribution in [0.15, 0.2) is 22.8 Å². The van der Waals surface area contributed by atoms with E-state index >= 15 is 0 Å². The van der Waals surface area contributed by atoms with Gasteiger partial charge in [-0.3, -0.25) is 4.79 Å². The average Bonchev–Trinajstić information content (AvgIpc) is 2.03. The molecule has 1 N–H and O–H groups in total. The van der Waals surface area contributed by atoms with E-state index in [1.54, 1.807) is 11.8 Å². The molecule has 2 nitrogen and oxygen atoms in total. The summed E-state index contributed by atoms with van der Waals surface area (Å²) in [7, 11) is 0. The predicted molar refractivity (Wildman–Crippen MR) is 52.4 cm³/mol. The van der Waals surface area contributed by atoms with Crippen molar-refractivity contribution in [3.63, 3.8) is 0 Å². The normalized spacial score (nSPS) is 16.5. The zero-order chi connectivity index (χ0) is 8.97. The van der Waals surface area contributed by atoms with Gasteiger partial charge in [0, 0.05) is 19.0 Å². The minimum absolute atomic E-state index is 0.0140. The van der Waals surface area contributed by atoms with Crippen LogP contribution in [-0.2, 0) is 4.79 Å². The van der Waals surface area contributed by atoms with Crippen LogP contribution in [-0.4, -0.2) is 12.2 Å². The molecule has 1 rings (SSSR count). The Bertz CT molecular complexity index is 243. The van der Waals surface area contributed by atoms with Crippen LogP contribution >= 0.6 is 11.8 Å². The lowest BCUT2D eigenvalue weighted by molar-refractivity contribution is -0.118. The second-order valence-corrected chi connectivity index (χ2v) is 3.41. The molecule has 0 aromatic heterocycles. The highest BCUT2D eigenvalue weighted by Crippen LogP contribution is 2.22. The van der Waals surface area contributed by atoms with Crippen molar-refractivity contribution in [3.8, 4) is 0 Å². The Hall–Kier alpha value is -0.700. The van der Waals surface area contributed by atoms with E-state index in [2.05, 4.69) is 11.7 Å².